The van der Waals surface area contributed by atoms with Gasteiger partial charge in [-0.25, -0.2) is 0 Å². The van der Waals surface area contributed by atoms with Crippen LogP contribution in [-0.4, -0.2) is 27.6 Å². The highest BCUT2D eigenvalue weighted by atomic mass is 32.2. The number of carbonyl (C=O) groups is 1. The van der Waals surface area contributed by atoms with Crippen LogP contribution in [0.25, 0.3) is 0 Å². The molecule has 0 saturated heterocycles. The molecule has 0 aliphatic carbocycles. The third kappa shape index (κ3) is 6.18. The molecule has 5 nitrogen and oxygen atoms in total. The molecule has 0 unspecified atom stereocenters. The number of rotatable bonds is 8. The van der Waals surface area contributed by atoms with Crippen LogP contribution in [0.15, 0.2) is 57.8 Å². The van der Waals surface area contributed by atoms with E-state index in [4.69, 9.17) is 0 Å². The number of aryl methyl sites for hydroxylation is 1. The fraction of sp³-hybridized carbons (Fsp3) is 0.167. The van der Waals surface area contributed by atoms with Gasteiger partial charge >= 0.3 is 0 Å². The molecule has 3 aromatic rings. The zero-order valence-corrected chi connectivity index (χ0v) is 17.1. The van der Waals surface area contributed by atoms with E-state index in [-0.39, 0.29) is 11.7 Å². The van der Waals surface area contributed by atoms with Crippen LogP contribution in [0.3, 0.4) is 0 Å². The van der Waals surface area contributed by atoms with E-state index in [0.29, 0.717) is 31.8 Å². The number of nitrogens with zero attached hydrogens (tertiary/aromatic N) is 2. The Morgan fingerprint density at radius 1 is 1.14 bits per heavy atom. The lowest BCUT2D eigenvalue weighted by Gasteiger charge is -2.05. The van der Waals surface area contributed by atoms with Crippen molar-refractivity contribution < 1.29 is 13.6 Å². The van der Waals surface area contributed by atoms with Crippen LogP contribution in [0.1, 0.15) is 5.56 Å². The molecule has 2 aromatic carbocycles. The average molecular weight is 439 g/mol. The summed E-state index contributed by atoms with van der Waals surface area (Å²) in [6.45, 7) is 2.00. The minimum absolute atomic E-state index is 0.173. The summed E-state index contributed by atoms with van der Waals surface area (Å²) in [6.07, 6.45) is 0. The maximum absolute atomic E-state index is 12.3. The number of benzene rings is 2. The third-order valence-electron chi connectivity index (χ3n) is 3.48. The fourth-order valence-electron chi connectivity index (χ4n) is 2.19. The largest absolute Gasteiger partial charge is 0.330 e. The number of aromatic nitrogens is 2. The van der Waals surface area contributed by atoms with E-state index >= 15 is 0 Å². The molecule has 0 aliphatic rings. The van der Waals surface area contributed by atoms with Crippen LogP contribution >= 0.6 is 34.9 Å². The Balaban J connectivity index is 1.48. The summed E-state index contributed by atoms with van der Waals surface area (Å²) in [5, 5.41) is 14.8. The van der Waals surface area contributed by atoms with E-state index in [1.54, 1.807) is 24.3 Å². The SMILES string of the molecule is Cc1ccccc1Nc1nnc(SCC(=O)Nc2ccc(SC(F)F)cc2)s1. The van der Waals surface area contributed by atoms with E-state index in [1.165, 1.54) is 23.1 Å². The number of carbonyl (C=O) groups excluding carboxylic acids is 1. The lowest BCUT2D eigenvalue weighted by Crippen LogP contribution is -2.13. The van der Waals surface area contributed by atoms with Crippen molar-refractivity contribution >= 4 is 57.3 Å². The van der Waals surface area contributed by atoms with Gasteiger partial charge in [0.2, 0.25) is 11.0 Å². The summed E-state index contributed by atoms with van der Waals surface area (Å²) in [5.74, 6) is -2.50. The minimum Gasteiger partial charge on any atom is -0.330 e. The first kappa shape index (κ1) is 20.6. The minimum atomic E-state index is -2.46. The molecule has 1 aromatic heterocycles. The molecule has 0 radical (unpaired) electrons. The fourth-order valence-corrected chi connectivity index (χ4v) is 4.25. The number of anilines is 3. The standard InChI is InChI=1S/C18H16F2N4OS3/c1-11-4-2-3-5-14(11)22-17-23-24-18(28-17)26-10-15(25)21-12-6-8-13(9-7-12)27-16(19)20/h2-9,16H,10H2,1H3,(H,21,25)(H,22,23). The number of para-hydroxylation sites is 1. The molecule has 1 amide bonds. The Labute approximate surface area is 173 Å². The summed E-state index contributed by atoms with van der Waals surface area (Å²) in [5.41, 5.74) is 2.62. The van der Waals surface area contributed by atoms with E-state index < -0.39 is 5.76 Å². The van der Waals surface area contributed by atoms with Crippen molar-refractivity contribution in [2.75, 3.05) is 16.4 Å². The van der Waals surface area contributed by atoms with Gasteiger partial charge in [0.15, 0.2) is 4.34 Å². The molecule has 1 heterocycles. The highest BCUT2D eigenvalue weighted by molar-refractivity contribution is 8.01. The Bertz CT molecular complexity index is 935. The van der Waals surface area contributed by atoms with Crippen molar-refractivity contribution in [3.05, 3.63) is 54.1 Å². The normalized spacial score (nSPS) is 10.9. The number of alkyl halides is 2. The van der Waals surface area contributed by atoms with E-state index in [9.17, 15) is 13.6 Å². The number of amides is 1. The third-order valence-corrected chi connectivity index (χ3v) is 6.18. The van der Waals surface area contributed by atoms with Crippen LogP contribution < -0.4 is 10.6 Å². The first-order chi connectivity index (χ1) is 13.5. The molecule has 0 spiro atoms. The second kappa shape index (κ2) is 9.85. The summed E-state index contributed by atoms with van der Waals surface area (Å²) in [6, 6.07) is 14.2. The van der Waals surface area contributed by atoms with Gasteiger partial charge in [-0.1, -0.05) is 53.1 Å². The first-order valence-corrected chi connectivity index (χ1v) is 10.8. The Kier molecular flexibility index (Phi) is 7.24. The smallest absolute Gasteiger partial charge is 0.288 e. The van der Waals surface area contributed by atoms with Crippen molar-refractivity contribution in [2.45, 2.75) is 21.9 Å². The summed E-state index contributed by atoms with van der Waals surface area (Å²) in [4.78, 5) is 12.5. The molecule has 0 bridgehead atoms. The second-order valence-corrected chi connectivity index (χ2v) is 8.82. The molecule has 146 valence electrons. The quantitative estimate of drug-likeness (QED) is 0.444. The molecule has 0 fully saturated rings. The van der Waals surface area contributed by atoms with Gasteiger partial charge in [-0.2, -0.15) is 8.78 Å². The van der Waals surface area contributed by atoms with Crippen molar-refractivity contribution in [3.8, 4) is 0 Å². The number of hydrogen-bond donors (Lipinski definition) is 2. The maximum atomic E-state index is 12.3. The first-order valence-electron chi connectivity index (χ1n) is 8.13. The predicted molar refractivity (Wildman–Crippen MR) is 112 cm³/mol. The highest BCUT2D eigenvalue weighted by Crippen LogP contribution is 2.29. The number of hydrogen-bond acceptors (Lipinski definition) is 7. The molecule has 10 heteroatoms. The molecule has 2 N–H and O–H groups in total. The zero-order valence-electron chi connectivity index (χ0n) is 14.7. The number of nitrogens with one attached hydrogen (secondary N) is 2. The molecule has 0 aliphatic heterocycles. The topological polar surface area (TPSA) is 66.9 Å². The van der Waals surface area contributed by atoms with Crippen molar-refractivity contribution in [3.63, 3.8) is 0 Å². The van der Waals surface area contributed by atoms with Gasteiger partial charge in [0.25, 0.3) is 5.76 Å². The summed E-state index contributed by atoms with van der Waals surface area (Å²) < 4.78 is 25.3. The number of halogens is 2. The summed E-state index contributed by atoms with van der Waals surface area (Å²) >= 11 is 3.12. The van der Waals surface area contributed by atoms with E-state index in [1.807, 2.05) is 31.2 Å². The van der Waals surface area contributed by atoms with E-state index in [0.717, 1.165) is 11.3 Å². The Morgan fingerprint density at radius 2 is 1.89 bits per heavy atom. The maximum Gasteiger partial charge on any atom is 0.288 e. The van der Waals surface area contributed by atoms with Gasteiger partial charge in [0.05, 0.1) is 5.75 Å². The van der Waals surface area contributed by atoms with Gasteiger partial charge < -0.3 is 10.6 Å². The highest BCUT2D eigenvalue weighted by Gasteiger charge is 2.10. The zero-order chi connectivity index (χ0) is 19.9. The van der Waals surface area contributed by atoms with Crippen LogP contribution in [0.4, 0.5) is 25.3 Å². The molecular weight excluding hydrogens is 422 g/mol. The molecule has 3 rings (SSSR count). The van der Waals surface area contributed by atoms with E-state index in [2.05, 4.69) is 20.8 Å². The molecule has 0 atom stereocenters. The van der Waals surface area contributed by atoms with Crippen LogP contribution in [0, 0.1) is 6.92 Å². The lowest BCUT2D eigenvalue weighted by atomic mass is 10.2. The van der Waals surface area contributed by atoms with Crippen molar-refractivity contribution in [2.24, 2.45) is 0 Å². The Hall–Kier alpha value is -2.17. The Morgan fingerprint density at radius 3 is 2.61 bits per heavy atom. The van der Waals surface area contributed by atoms with Crippen LogP contribution in [0.5, 0.6) is 0 Å². The summed E-state index contributed by atoms with van der Waals surface area (Å²) in [7, 11) is 0. The molecular formula is C18H16F2N4OS3. The second-order valence-electron chi connectivity index (χ2n) is 5.55. The van der Waals surface area contributed by atoms with Gasteiger partial charge in [-0.05, 0) is 42.8 Å². The molecule has 0 saturated carbocycles. The van der Waals surface area contributed by atoms with Gasteiger partial charge in [-0.15, -0.1) is 10.2 Å². The lowest BCUT2D eigenvalue weighted by molar-refractivity contribution is -0.113. The monoisotopic (exact) mass is 438 g/mol. The van der Waals surface area contributed by atoms with Gasteiger partial charge in [0.1, 0.15) is 0 Å². The van der Waals surface area contributed by atoms with Crippen molar-refractivity contribution in [1.29, 1.82) is 0 Å². The van der Waals surface area contributed by atoms with Gasteiger partial charge in [0, 0.05) is 16.3 Å². The van der Waals surface area contributed by atoms with Crippen LogP contribution in [0.2, 0.25) is 0 Å². The van der Waals surface area contributed by atoms with Crippen molar-refractivity contribution in [1.82, 2.24) is 10.2 Å². The average Bonchev–Trinajstić information content (AvgIpc) is 3.11. The number of thioether (sulfide) groups is 2. The van der Waals surface area contributed by atoms with Gasteiger partial charge in [-0.3, -0.25) is 4.79 Å². The predicted octanol–water partition coefficient (Wildman–Crippen LogP) is 5.64. The molecule has 28 heavy (non-hydrogen) atoms. The van der Waals surface area contributed by atoms with Crippen LogP contribution in [-0.2, 0) is 4.79 Å².